The van der Waals surface area contributed by atoms with Crippen LogP contribution < -0.4 is 11.1 Å². The molecule has 0 aromatic heterocycles. The fourth-order valence-electron chi connectivity index (χ4n) is 3.15. The zero-order chi connectivity index (χ0) is 15.9. The Balaban J connectivity index is 2.47. The molecule has 21 heavy (non-hydrogen) atoms. The van der Waals surface area contributed by atoms with E-state index in [0.717, 1.165) is 50.9 Å². The molecule has 1 aliphatic rings. The molecule has 1 saturated heterocycles. The highest BCUT2D eigenvalue weighted by Crippen LogP contribution is 2.25. The first-order chi connectivity index (χ1) is 9.89. The third-order valence-electron chi connectivity index (χ3n) is 5.05. The molecular formula is C17H35N3O. The minimum atomic E-state index is -0.570. The lowest BCUT2D eigenvalue weighted by molar-refractivity contribution is -0.124. The number of primary amides is 1. The van der Waals surface area contributed by atoms with Gasteiger partial charge in [-0.2, -0.15) is 0 Å². The Morgan fingerprint density at radius 3 is 2.67 bits per heavy atom. The van der Waals surface area contributed by atoms with Gasteiger partial charge in [0, 0.05) is 6.54 Å². The molecular weight excluding hydrogens is 262 g/mol. The van der Waals surface area contributed by atoms with E-state index in [4.69, 9.17) is 5.73 Å². The number of nitrogens with two attached hydrogens (primary N) is 1. The van der Waals surface area contributed by atoms with Gasteiger partial charge in [0.15, 0.2) is 0 Å². The summed E-state index contributed by atoms with van der Waals surface area (Å²) >= 11 is 0. The molecule has 0 saturated carbocycles. The van der Waals surface area contributed by atoms with Crippen molar-refractivity contribution in [2.45, 2.75) is 65.3 Å². The molecule has 1 rings (SSSR count). The van der Waals surface area contributed by atoms with Crippen LogP contribution in [0.2, 0.25) is 0 Å². The van der Waals surface area contributed by atoms with E-state index in [1.165, 1.54) is 19.3 Å². The van der Waals surface area contributed by atoms with Gasteiger partial charge in [-0.25, -0.2) is 0 Å². The number of rotatable bonds is 8. The molecule has 0 aromatic rings. The molecule has 124 valence electrons. The zero-order valence-electron chi connectivity index (χ0n) is 14.5. The Bertz CT molecular complexity index is 319. The first-order valence-electron chi connectivity index (χ1n) is 8.66. The number of carbonyl (C=O) groups is 1. The van der Waals surface area contributed by atoms with Crippen molar-refractivity contribution in [3.05, 3.63) is 0 Å². The number of likely N-dealkylation sites (tertiary alicyclic amines) is 1. The Morgan fingerprint density at radius 1 is 1.38 bits per heavy atom. The van der Waals surface area contributed by atoms with Crippen LogP contribution in [0.4, 0.5) is 0 Å². The summed E-state index contributed by atoms with van der Waals surface area (Å²) in [4.78, 5) is 14.3. The van der Waals surface area contributed by atoms with Crippen molar-refractivity contribution in [3.8, 4) is 0 Å². The first-order valence-corrected chi connectivity index (χ1v) is 8.66. The van der Waals surface area contributed by atoms with Gasteiger partial charge in [-0.05, 0) is 70.5 Å². The summed E-state index contributed by atoms with van der Waals surface area (Å²) in [6.45, 7) is 12.8. The van der Waals surface area contributed by atoms with E-state index >= 15 is 0 Å². The van der Waals surface area contributed by atoms with E-state index in [-0.39, 0.29) is 5.91 Å². The maximum absolute atomic E-state index is 11.8. The SMILES string of the molecule is CCCNC(C)(CCN1CCCC(C(C)C)CC1)C(N)=O. The highest BCUT2D eigenvalue weighted by atomic mass is 16.1. The van der Waals surface area contributed by atoms with Crippen molar-refractivity contribution in [2.24, 2.45) is 17.6 Å². The minimum Gasteiger partial charge on any atom is -0.368 e. The molecule has 1 aliphatic heterocycles. The third-order valence-corrected chi connectivity index (χ3v) is 5.05. The monoisotopic (exact) mass is 297 g/mol. The number of nitrogens with zero attached hydrogens (tertiary/aromatic N) is 1. The molecule has 0 aliphatic carbocycles. The van der Waals surface area contributed by atoms with Crippen LogP contribution in [-0.2, 0) is 4.79 Å². The van der Waals surface area contributed by atoms with Crippen LogP contribution in [0.5, 0.6) is 0 Å². The van der Waals surface area contributed by atoms with Crippen molar-refractivity contribution >= 4 is 5.91 Å². The number of hydrogen-bond acceptors (Lipinski definition) is 3. The van der Waals surface area contributed by atoms with Crippen LogP contribution in [0, 0.1) is 11.8 Å². The molecule has 2 atom stereocenters. The highest BCUT2D eigenvalue weighted by Gasteiger charge is 2.30. The molecule has 1 fully saturated rings. The lowest BCUT2D eigenvalue weighted by Gasteiger charge is -2.30. The number of nitrogens with one attached hydrogen (secondary N) is 1. The van der Waals surface area contributed by atoms with Crippen molar-refractivity contribution < 1.29 is 4.79 Å². The van der Waals surface area contributed by atoms with Crippen molar-refractivity contribution in [2.75, 3.05) is 26.2 Å². The molecule has 1 heterocycles. The number of carbonyl (C=O) groups excluding carboxylic acids is 1. The van der Waals surface area contributed by atoms with E-state index in [1.807, 2.05) is 6.92 Å². The highest BCUT2D eigenvalue weighted by molar-refractivity contribution is 5.84. The largest absolute Gasteiger partial charge is 0.368 e. The fraction of sp³-hybridized carbons (Fsp3) is 0.941. The summed E-state index contributed by atoms with van der Waals surface area (Å²) < 4.78 is 0. The second kappa shape index (κ2) is 8.74. The standard InChI is InChI=1S/C17H35N3O/c1-5-10-19-17(4,16(18)21)9-13-20-11-6-7-15(8-12-20)14(2)3/h14-15,19H,5-13H2,1-4H3,(H2,18,21). The first kappa shape index (κ1) is 18.4. The van der Waals surface area contributed by atoms with Gasteiger partial charge in [-0.1, -0.05) is 20.8 Å². The second-order valence-electron chi connectivity index (χ2n) is 7.15. The number of hydrogen-bond donors (Lipinski definition) is 2. The molecule has 0 spiro atoms. The van der Waals surface area contributed by atoms with Crippen molar-refractivity contribution in [3.63, 3.8) is 0 Å². The van der Waals surface area contributed by atoms with Gasteiger partial charge in [0.1, 0.15) is 0 Å². The average molecular weight is 297 g/mol. The normalized spacial score (nSPS) is 23.8. The van der Waals surface area contributed by atoms with E-state index in [2.05, 4.69) is 31.0 Å². The summed E-state index contributed by atoms with van der Waals surface area (Å²) in [5.74, 6) is 1.41. The Labute approximate surface area is 130 Å². The summed E-state index contributed by atoms with van der Waals surface area (Å²) in [7, 11) is 0. The van der Waals surface area contributed by atoms with Gasteiger partial charge in [0.05, 0.1) is 5.54 Å². The second-order valence-corrected chi connectivity index (χ2v) is 7.15. The smallest absolute Gasteiger partial charge is 0.237 e. The quantitative estimate of drug-likeness (QED) is 0.723. The molecule has 1 amide bonds. The topological polar surface area (TPSA) is 58.4 Å². The van der Waals surface area contributed by atoms with Gasteiger partial charge < -0.3 is 16.0 Å². The molecule has 2 unspecified atom stereocenters. The van der Waals surface area contributed by atoms with Crippen LogP contribution in [0.3, 0.4) is 0 Å². The summed E-state index contributed by atoms with van der Waals surface area (Å²) in [5.41, 5.74) is 5.03. The van der Waals surface area contributed by atoms with Gasteiger partial charge in [0.2, 0.25) is 5.91 Å². The van der Waals surface area contributed by atoms with Crippen LogP contribution in [0.15, 0.2) is 0 Å². The van der Waals surface area contributed by atoms with E-state index in [9.17, 15) is 4.79 Å². The van der Waals surface area contributed by atoms with Gasteiger partial charge in [0.25, 0.3) is 0 Å². The summed E-state index contributed by atoms with van der Waals surface area (Å²) in [6.07, 6.45) is 5.72. The predicted molar refractivity (Wildman–Crippen MR) is 89.1 cm³/mol. The Hall–Kier alpha value is -0.610. The molecule has 0 aromatic carbocycles. The van der Waals surface area contributed by atoms with Crippen LogP contribution in [0.1, 0.15) is 59.8 Å². The van der Waals surface area contributed by atoms with Gasteiger partial charge in [-0.3, -0.25) is 4.79 Å². The molecule has 4 nitrogen and oxygen atoms in total. The fourth-order valence-corrected chi connectivity index (χ4v) is 3.15. The van der Waals surface area contributed by atoms with Gasteiger partial charge >= 0.3 is 0 Å². The van der Waals surface area contributed by atoms with Crippen LogP contribution in [0.25, 0.3) is 0 Å². The Morgan fingerprint density at radius 2 is 2.10 bits per heavy atom. The van der Waals surface area contributed by atoms with E-state index in [0.29, 0.717) is 0 Å². The average Bonchev–Trinajstić information content (AvgIpc) is 2.68. The molecule has 4 heteroatoms. The lowest BCUT2D eigenvalue weighted by Crippen LogP contribution is -2.54. The van der Waals surface area contributed by atoms with Crippen LogP contribution in [-0.4, -0.2) is 42.5 Å². The maximum atomic E-state index is 11.8. The lowest BCUT2D eigenvalue weighted by atomic mass is 9.89. The predicted octanol–water partition coefficient (Wildman–Crippen LogP) is 2.38. The van der Waals surface area contributed by atoms with E-state index in [1.54, 1.807) is 0 Å². The van der Waals surface area contributed by atoms with Crippen LogP contribution >= 0.6 is 0 Å². The summed E-state index contributed by atoms with van der Waals surface area (Å²) in [5, 5.41) is 3.33. The number of amides is 1. The zero-order valence-corrected chi connectivity index (χ0v) is 14.5. The molecule has 0 radical (unpaired) electrons. The van der Waals surface area contributed by atoms with E-state index < -0.39 is 5.54 Å². The molecule has 0 bridgehead atoms. The van der Waals surface area contributed by atoms with Gasteiger partial charge in [-0.15, -0.1) is 0 Å². The van der Waals surface area contributed by atoms with Crippen molar-refractivity contribution in [1.29, 1.82) is 0 Å². The maximum Gasteiger partial charge on any atom is 0.237 e. The van der Waals surface area contributed by atoms with Crippen molar-refractivity contribution in [1.82, 2.24) is 10.2 Å². The Kier molecular flexibility index (Phi) is 7.67. The minimum absolute atomic E-state index is 0.231. The molecule has 3 N–H and O–H groups in total. The third kappa shape index (κ3) is 5.95. The summed E-state index contributed by atoms with van der Waals surface area (Å²) in [6, 6.07) is 0.